The van der Waals surface area contributed by atoms with Gasteiger partial charge in [0, 0.05) is 18.7 Å². The fourth-order valence-corrected chi connectivity index (χ4v) is 3.56. The average Bonchev–Trinajstić information content (AvgIpc) is 2.70. The Hall–Kier alpha value is -2.59. The Morgan fingerprint density at radius 1 is 1.19 bits per heavy atom. The van der Waals surface area contributed by atoms with Crippen LogP contribution in [0.5, 0.6) is 0 Å². The van der Waals surface area contributed by atoms with Gasteiger partial charge in [-0.25, -0.2) is 0 Å². The van der Waals surface area contributed by atoms with Gasteiger partial charge in [-0.05, 0) is 43.0 Å². The summed E-state index contributed by atoms with van der Waals surface area (Å²) >= 11 is 0. The molecule has 2 aromatic carbocycles. The van der Waals surface area contributed by atoms with E-state index in [2.05, 4.69) is 36.1 Å². The molecule has 27 heavy (non-hydrogen) atoms. The van der Waals surface area contributed by atoms with E-state index < -0.39 is 5.97 Å². The van der Waals surface area contributed by atoms with Crippen molar-refractivity contribution in [3.8, 4) is 0 Å². The first-order valence-corrected chi connectivity index (χ1v) is 9.53. The van der Waals surface area contributed by atoms with Crippen LogP contribution in [0.3, 0.4) is 0 Å². The van der Waals surface area contributed by atoms with E-state index in [0.717, 1.165) is 42.6 Å². The van der Waals surface area contributed by atoms with Gasteiger partial charge in [0.25, 0.3) is 0 Å². The predicted octanol–water partition coefficient (Wildman–Crippen LogP) is 4.20. The summed E-state index contributed by atoms with van der Waals surface area (Å²) in [4.78, 5) is 13.4. The molecule has 0 aromatic heterocycles. The molecular formula is C23H27NO3. The summed E-state index contributed by atoms with van der Waals surface area (Å²) in [5.41, 5.74) is 4.55. The third-order valence-corrected chi connectivity index (χ3v) is 5.10. The number of aliphatic carboxylic acids is 1. The Kier molecular flexibility index (Phi) is 6.66. The number of carboxylic acids is 1. The van der Waals surface area contributed by atoms with E-state index in [1.54, 1.807) is 0 Å². The van der Waals surface area contributed by atoms with Crippen LogP contribution in [0.25, 0.3) is 5.57 Å². The topological polar surface area (TPSA) is 49.8 Å². The van der Waals surface area contributed by atoms with E-state index in [-0.39, 0.29) is 5.92 Å². The molecule has 0 spiro atoms. The maximum absolute atomic E-state index is 11.2. The number of nitrogens with zero attached hydrogens (tertiary/aromatic N) is 1. The molecule has 0 saturated carbocycles. The summed E-state index contributed by atoms with van der Waals surface area (Å²) in [5, 5.41) is 9.21. The summed E-state index contributed by atoms with van der Waals surface area (Å²) in [6.45, 7) is 4.96. The second kappa shape index (κ2) is 9.38. The molecule has 142 valence electrons. The number of ether oxygens (including phenoxy) is 1. The fraction of sp³-hybridized carbons (Fsp3) is 0.348. The molecule has 1 aliphatic rings. The van der Waals surface area contributed by atoms with Crippen LogP contribution in [0.4, 0.5) is 0 Å². The van der Waals surface area contributed by atoms with E-state index in [1.807, 2.05) is 36.6 Å². The van der Waals surface area contributed by atoms with Gasteiger partial charge in [-0.3, -0.25) is 9.69 Å². The Morgan fingerprint density at radius 2 is 1.93 bits per heavy atom. The molecule has 2 aromatic rings. The monoisotopic (exact) mass is 365 g/mol. The van der Waals surface area contributed by atoms with Gasteiger partial charge in [-0.15, -0.1) is 0 Å². The van der Waals surface area contributed by atoms with Gasteiger partial charge in [0.05, 0.1) is 12.2 Å². The second-order valence-corrected chi connectivity index (χ2v) is 7.06. The van der Waals surface area contributed by atoms with Crippen molar-refractivity contribution in [1.82, 2.24) is 4.90 Å². The molecule has 0 aliphatic carbocycles. The highest BCUT2D eigenvalue weighted by molar-refractivity contribution is 5.80. The van der Waals surface area contributed by atoms with Crippen molar-refractivity contribution in [2.24, 2.45) is 5.92 Å². The molecule has 1 unspecified atom stereocenters. The number of likely N-dealkylation sites (tertiary alicyclic amines) is 1. The highest BCUT2D eigenvalue weighted by Gasteiger charge is 2.24. The maximum atomic E-state index is 11.2. The summed E-state index contributed by atoms with van der Waals surface area (Å²) in [7, 11) is 0. The lowest BCUT2D eigenvalue weighted by Crippen LogP contribution is -2.40. The molecule has 1 N–H and O–H groups in total. The van der Waals surface area contributed by atoms with Crippen LogP contribution >= 0.6 is 0 Å². The number of aryl methyl sites for hydroxylation is 1. The first-order valence-electron chi connectivity index (χ1n) is 9.53. The van der Waals surface area contributed by atoms with Gasteiger partial charge in [0.2, 0.25) is 0 Å². The number of carbonyl (C=O) groups is 1. The normalized spacial score (nSPS) is 18.3. The molecule has 3 rings (SSSR count). The van der Waals surface area contributed by atoms with Crippen LogP contribution in [-0.4, -0.2) is 42.2 Å². The average molecular weight is 365 g/mol. The van der Waals surface area contributed by atoms with Gasteiger partial charge in [-0.1, -0.05) is 54.6 Å². The minimum atomic E-state index is -0.688. The number of carboxylic acid groups (broad SMARTS) is 1. The van der Waals surface area contributed by atoms with E-state index in [0.29, 0.717) is 13.2 Å². The Labute approximate surface area is 161 Å². The summed E-state index contributed by atoms with van der Waals surface area (Å²) < 4.78 is 5.91. The van der Waals surface area contributed by atoms with Gasteiger partial charge >= 0.3 is 5.97 Å². The third kappa shape index (κ3) is 5.20. The van der Waals surface area contributed by atoms with Crippen LogP contribution in [-0.2, 0) is 9.53 Å². The number of rotatable bonds is 7. The van der Waals surface area contributed by atoms with Gasteiger partial charge in [0.15, 0.2) is 0 Å². The highest BCUT2D eigenvalue weighted by Crippen LogP contribution is 2.26. The lowest BCUT2D eigenvalue weighted by atomic mass is 9.95. The molecule has 1 aliphatic heterocycles. The first kappa shape index (κ1) is 19.2. The largest absolute Gasteiger partial charge is 0.499 e. The molecule has 1 saturated heterocycles. The van der Waals surface area contributed by atoms with Crippen molar-refractivity contribution in [1.29, 1.82) is 0 Å². The van der Waals surface area contributed by atoms with Gasteiger partial charge in [-0.2, -0.15) is 0 Å². The van der Waals surface area contributed by atoms with Crippen LogP contribution < -0.4 is 0 Å². The van der Waals surface area contributed by atoms with Crippen LogP contribution in [0.2, 0.25) is 0 Å². The Balaban J connectivity index is 1.66. The Morgan fingerprint density at radius 3 is 2.67 bits per heavy atom. The molecule has 4 nitrogen and oxygen atoms in total. The summed E-state index contributed by atoms with van der Waals surface area (Å²) in [5.74, 6) is -0.937. The van der Waals surface area contributed by atoms with Crippen molar-refractivity contribution in [3.05, 3.63) is 77.5 Å². The Bertz CT molecular complexity index is 785. The van der Waals surface area contributed by atoms with Gasteiger partial charge in [0.1, 0.15) is 6.61 Å². The number of hydrogen-bond acceptors (Lipinski definition) is 3. The van der Waals surface area contributed by atoms with Crippen molar-refractivity contribution in [2.45, 2.75) is 19.8 Å². The minimum absolute atomic E-state index is 0.249. The van der Waals surface area contributed by atoms with Crippen molar-refractivity contribution in [3.63, 3.8) is 0 Å². The molecule has 1 heterocycles. The molecule has 4 heteroatoms. The zero-order valence-electron chi connectivity index (χ0n) is 15.8. The van der Waals surface area contributed by atoms with Crippen LogP contribution in [0.15, 0.2) is 60.9 Å². The molecule has 1 atom stereocenters. The first-order chi connectivity index (χ1) is 13.1. The van der Waals surface area contributed by atoms with Crippen LogP contribution in [0.1, 0.15) is 29.5 Å². The number of benzene rings is 2. The van der Waals surface area contributed by atoms with Crippen molar-refractivity contribution in [2.75, 3.05) is 26.2 Å². The zero-order chi connectivity index (χ0) is 19.1. The SMILES string of the molecule is Cc1ccccc1/C(=C/OCCN1CCCC(C(=O)O)C1)c1ccccc1. The number of hydrogen-bond donors (Lipinski definition) is 1. The lowest BCUT2D eigenvalue weighted by Gasteiger charge is -2.30. The van der Waals surface area contributed by atoms with Gasteiger partial charge < -0.3 is 9.84 Å². The second-order valence-electron chi connectivity index (χ2n) is 7.06. The predicted molar refractivity (Wildman–Crippen MR) is 107 cm³/mol. The smallest absolute Gasteiger partial charge is 0.307 e. The van der Waals surface area contributed by atoms with E-state index in [4.69, 9.17) is 4.74 Å². The molecule has 0 bridgehead atoms. The number of piperidine rings is 1. The van der Waals surface area contributed by atoms with Crippen molar-refractivity contribution >= 4 is 11.5 Å². The third-order valence-electron chi connectivity index (χ3n) is 5.10. The minimum Gasteiger partial charge on any atom is -0.499 e. The fourth-order valence-electron chi connectivity index (χ4n) is 3.56. The van der Waals surface area contributed by atoms with E-state index >= 15 is 0 Å². The molecular weight excluding hydrogens is 338 g/mol. The van der Waals surface area contributed by atoms with Crippen molar-refractivity contribution < 1.29 is 14.6 Å². The highest BCUT2D eigenvalue weighted by atomic mass is 16.5. The van der Waals surface area contributed by atoms with E-state index in [9.17, 15) is 9.90 Å². The van der Waals surface area contributed by atoms with Crippen LogP contribution in [0, 0.1) is 12.8 Å². The quantitative estimate of drug-likeness (QED) is 0.590. The maximum Gasteiger partial charge on any atom is 0.307 e. The molecule has 0 radical (unpaired) electrons. The standard InChI is InChI=1S/C23H27NO3/c1-18-8-5-6-12-21(18)22(19-9-3-2-4-10-19)17-27-15-14-24-13-7-11-20(16-24)23(25)26/h2-6,8-10,12,17,20H,7,11,13-16H2,1H3,(H,25,26)/b22-17+. The zero-order valence-corrected chi connectivity index (χ0v) is 15.8. The summed E-state index contributed by atoms with van der Waals surface area (Å²) in [6, 6.07) is 18.5. The lowest BCUT2D eigenvalue weighted by molar-refractivity contribution is -0.143. The summed E-state index contributed by atoms with van der Waals surface area (Å²) in [6.07, 6.45) is 3.56. The van der Waals surface area contributed by atoms with E-state index in [1.165, 1.54) is 5.56 Å². The molecule has 0 amide bonds. The molecule has 1 fully saturated rings.